The number of carbonyl (C=O) groups is 1. The van der Waals surface area contributed by atoms with E-state index >= 15 is 0 Å². The molecule has 0 radical (unpaired) electrons. The molecule has 188 valence electrons. The summed E-state index contributed by atoms with van der Waals surface area (Å²) < 4.78 is 3.30. The number of pyridine rings is 1. The molecule has 4 aromatic rings. The molecule has 2 fully saturated rings. The molecular formula is C30H30BrN5O. The number of fused-ring (bicyclic) bond motifs is 3. The van der Waals surface area contributed by atoms with Crippen LogP contribution in [0.5, 0.6) is 0 Å². The summed E-state index contributed by atoms with van der Waals surface area (Å²) in [6.07, 6.45) is 4.22. The van der Waals surface area contributed by atoms with Crippen LogP contribution in [0.2, 0.25) is 0 Å². The minimum Gasteiger partial charge on any atom is -0.324 e. The summed E-state index contributed by atoms with van der Waals surface area (Å²) in [7, 11) is 0. The Morgan fingerprint density at radius 3 is 2.49 bits per heavy atom. The fourth-order valence-corrected chi connectivity index (χ4v) is 6.79. The van der Waals surface area contributed by atoms with Gasteiger partial charge in [-0.25, -0.2) is 9.78 Å². The van der Waals surface area contributed by atoms with Crippen LogP contribution in [0.1, 0.15) is 17.7 Å². The van der Waals surface area contributed by atoms with Crippen molar-refractivity contribution in [1.29, 1.82) is 0 Å². The smallest absolute Gasteiger partial charge is 0.324 e. The quantitative estimate of drug-likeness (QED) is 0.325. The van der Waals surface area contributed by atoms with E-state index in [0.29, 0.717) is 11.8 Å². The Labute approximate surface area is 225 Å². The fraction of sp³-hybridized carbons (Fsp3) is 0.333. The summed E-state index contributed by atoms with van der Waals surface area (Å²) in [5.74, 6) is 1.05. The van der Waals surface area contributed by atoms with Crippen LogP contribution in [-0.4, -0.2) is 57.9 Å². The number of carbonyl (C=O) groups excluding carboxylic acids is 1. The third-order valence-corrected chi connectivity index (χ3v) is 8.82. The first kappa shape index (κ1) is 23.0. The number of aromatic nitrogens is 2. The van der Waals surface area contributed by atoms with Crippen LogP contribution in [0.25, 0.3) is 16.9 Å². The number of benzene rings is 2. The van der Waals surface area contributed by atoms with Gasteiger partial charge in [0.05, 0.1) is 11.4 Å². The number of imidazole rings is 1. The second-order valence-corrected chi connectivity index (χ2v) is 11.5. The van der Waals surface area contributed by atoms with Crippen molar-refractivity contribution >= 4 is 33.3 Å². The maximum absolute atomic E-state index is 13.5. The van der Waals surface area contributed by atoms with Gasteiger partial charge in [0.1, 0.15) is 5.65 Å². The van der Waals surface area contributed by atoms with E-state index in [4.69, 9.17) is 4.98 Å². The van der Waals surface area contributed by atoms with Gasteiger partial charge < -0.3 is 9.30 Å². The Kier molecular flexibility index (Phi) is 5.78. The molecule has 0 N–H and O–H groups in total. The standard InChI is InChI=1S/C30H30BrN5O/c31-25-12-10-22(11-13-25)29-27(35-14-4-3-9-28(35)32-29)20-33-16-23-18-34(19-24(23)17-33)30(37)36-15-5-7-21-6-1-2-8-26(21)36/h1-4,6,8-14,23-24H,5,7,15-20H2. The van der Waals surface area contributed by atoms with Crippen molar-refractivity contribution in [3.63, 3.8) is 0 Å². The lowest BCUT2D eigenvalue weighted by Crippen LogP contribution is -2.45. The van der Waals surface area contributed by atoms with Gasteiger partial charge >= 0.3 is 6.03 Å². The lowest BCUT2D eigenvalue weighted by molar-refractivity contribution is 0.204. The van der Waals surface area contributed by atoms with Crippen molar-refractivity contribution in [2.24, 2.45) is 11.8 Å². The average molecular weight is 557 g/mol. The molecule has 2 saturated heterocycles. The second-order valence-electron chi connectivity index (χ2n) is 10.6. The Hall–Kier alpha value is -3.16. The van der Waals surface area contributed by atoms with Gasteiger partial charge in [-0.15, -0.1) is 0 Å². The fourth-order valence-electron chi connectivity index (χ4n) is 6.53. The highest BCUT2D eigenvalue weighted by molar-refractivity contribution is 9.10. The zero-order valence-electron chi connectivity index (χ0n) is 20.8. The molecule has 0 saturated carbocycles. The first-order valence-electron chi connectivity index (χ1n) is 13.2. The number of amides is 2. The van der Waals surface area contributed by atoms with Crippen LogP contribution >= 0.6 is 15.9 Å². The molecule has 3 aliphatic heterocycles. The Morgan fingerprint density at radius 2 is 1.68 bits per heavy atom. The molecule has 0 spiro atoms. The molecule has 6 nitrogen and oxygen atoms in total. The van der Waals surface area contributed by atoms with Crippen molar-refractivity contribution in [1.82, 2.24) is 19.2 Å². The minimum absolute atomic E-state index is 0.187. The molecule has 2 aromatic carbocycles. The topological polar surface area (TPSA) is 44.1 Å². The van der Waals surface area contributed by atoms with Gasteiger partial charge in [-0.3, -0.25) is 9.80 Å². The number of rotatable bonds is 3. The number of likely N-dealkylation sites (tertiary alicyclic amines) is 2. The van der Waals surface area contributed by atoms with E-state index in [1.807, 2.05) is 17.0 Å². The van der Waals surface area contributed by atoms with Crippen molar-refractivity contribution in [3.8, 4) is 11.3 Å². The molecule has 2 unspecified atom stereocenters. The van der Waals surface area contributed by atoms with Crippen molar-refractivity contribution in [3.05, 3.63) is 88.7 Å². The molecule has 7 rings (SSSR count). The van der Waals surface area contributed by atoms with Crippen LogP contribution in [0.15, 0.2) is 77.4 Å². The largest absolute Gasteiger partial charge is 0.324 e. The van der Waals surface area contributed by atoms with Crippen LogP contribution in [0.4, 0.5) is 10.5 Å². The average Bonchev–Trinajstić information content (AvgIpc) is 3.61. The Balaban J connectivity index is 1.08. The first-order valence-corrected chi connectivity index (χ1v) is 14.0. The molecule has 0 bridgehead atoms. The molecule has 2 amide bonds. The summed E-state index contributed by atoms with van der Waals surface area (Å²) in [6, 6.07) is 23.2. The van der Waals surface area contributed by atoms with Gasteiger partial charge in [-0.05, 0) is 60.6 Å². The molecule has 7 heteroatoms. The van der Waals surface area contributed by atoms with Gasteiger partial charge in [0.15, 0.2) is 0 Å². The van der Waals surface area contributed by atoms with E-state index in [1.54, 1.807) is 0 Å². The van der Waals surface area contributed by atoms with Gasteiger partial charge in [-0.1, -0.05) is 52.3 Å². The van der Waals surface area contributed by atoms with E-state index in [0.717, 1.165) is 79.2 Å². The van der Waals surface area contributed by atoms with Crippen LogP contribution in [0.3, 0.4) is 0 Å². The number of aryl methyl sites for hydroxylation is 1. The number of nitrogens with zero attached hydrogens (tertiary/aromatic N) is 5. The lowest BCUT2D eigenvalue weighted by Gasteiger charge is -2.33. The van der Waals surface area contributed by atoms with Crippen LogP contribution in [0, 0.1) is 11.8 Å². The number of urea groups is 1. The Morgan fingerprint density at radius 1 is 0.919 bits per heavy atom. The van der Waals surface area contributed by atoms with Gasteiger partial charge in [0, 0.05) is 61.2 Å². The van der Waals surface area contributed by atoms with Gasteiger partial charge in [0.25, 0.3) is 0 Å². The van der Waals surface area contributed by atoms with Crippen molar-refractivity contribution < 1.29 is 4.79 Å². The van der Waals surface area contributed by atoms with Crippen molar-refractivity contribution in [2.75, 3.05) is 37.6 Å². The molecule has 2 aromatic heterocycles. The summed E-state index contributed by atoms with van der Waals surface area (Å²) in [6.45, 7) is 5.42. The van der Waals surface area contributed by atoms with Gasteiger partial charge in [0.2, 0.25) is 0 Å². The summed E-state index contributed by atoms with van der Waals surface area (Å²) in [5.41, 5.74) is 6.80. The molecule has 3 aliphatic rings. The number of para-hydroxylation sites is 1. The predicted octanol–water partition coefficient (Wildman–Crippen LogP) is 5.70. The molecule has 0 aliphatic carbocycles. The minimum atomic E-state index is 0.187. The van der Waals surface area contributed by atoms with Crippen molar-refractivity contribution in [2.45, 2.75) is 19.4 Å². The summed E-state index contributed by atoms with van der Waals surface area (Å²) >= 11 is 3.55. The highest BCUT2D eigenvalue weighted by Gasteiger charge is 2.43. The number of halogens is 1. The number of anilines is 1. The zero-order valence-corrected chi connectivity index (χ0v) is 22.3. The first-order chi connectivity index (χ1) is 18.1. The summed E-state index contributed by atoms with van der Waals surface area (Å²) in [4.78, 5) is 25.2. The van der Waals surface area contributed by atoms with E-state index in [9.17, 15) is 4.79 Å². The molecule has 5 heterocycles. The zero-order chi connectivity index (χ0) is 24.9. The molecular weight excluding hydrogens is 526 g/mol. The highest BCUT2D eigenvalue weighted by Crippen LogP contribution is 2.36. The predicted molar refractivity (Wildman–Crippen MR) is 150 cm³/mol. The third kappa shape index (κ3) is 4.14. The molecule has 37 heavy (non-hydrogen) atoms. The second kappa shape index (κ2) is 9.30. The maximum Gasteiger partial charge on any atom is 0.324 e. The lowest BCUT2D eigenvalue weighted by atomic mass is 10.0. The maximum atomic E-state index is 13.5. The van der Waals surface area contributed by atoms with Gasteiger partial charge in [-0.2, -0.15) is 0 Å². The third-order valence-electron chi connectivity index (χ3n) is 8.29. The summed E-state index contributed by atoms with van der Waals surface area (Å²) in [5, 5.41) is 0. The van der Waals surface area contributed by atoms with E-state index in [1.165, 1.54) is 11.3 Å². The normalized spacial score (nSPS) is 21.4. The van der Waals surface area contributed by atoms with E-state index in [2.05, 4.69) is 90.9 Å². The monoisotopic (exact) mass is 555 g/mol. The van der Waals surface area contributed by atoms with E-state index < -0.39 is 0 Å². The van der Waals surface area contributed by atoms with Crippen LogP contribution < -0.4 is 4.90 Å². The SMILES string of the molecule is O=C(N1CC2CN(Cc3c(-c4ccc(Br)cc4)nc4ccccn34)CC2C1)N1CCCc2ccccc21. The molecule has 2 atom stereocenters. The number of hydrogen-bond acceptors (Lipinski definition) is 3. The number of hydrogen-bond donors (Lipinski definition) is 0. The van der Waals surface area contributed by atoms with Crippen LogP contribution in [-0.2, 0) is 13.0 Å². The Bertz CT molecular complexity index is 1450. The highest BCUT2D eigenvalue weighted by atomic mass is 79.9. The van der Waals surface area contributed by atoms with E-state index in [-0.39, 0.29) is 6.03 Å².